The monoisotopic (exact) mass is 314 g/mol. The second-order valence-corrected chi connectivity index (χ2v) is 7.19. The number of nitrogens with zero attached hydrogens (tertiary/aromatic N) is 1. The Morgan fingerprint density at radius 3 is 2.80 bits per heavy atom. The van der Waals surface area contributed by atoms with Gasteiger partial charge in [0.2, 0.25) is 0 Å². The fourth-order valence-electron chi connectivity index (χ4n) is 2.75. The zero-order valence-corrected chi connectivity index (χ0v) is 13.6. The molecule has 0 atom stereocenters. The van der Waals surface area contributed by atoms with Crippen molar-refractivity contribution in [3.8, 4) is 0 Å². The molecule has 2 rings (SSSR count). The van der Waals surface area contributed by atoms with Crippen molar-refractivity contribution in [1.29, 1.82) is 0 Å². The maximum atomic E-state index is 12.1. The molecule has 1 aliphatic rings. The minimum Gasteiger partial charge on any atom is -0.338 e. The highest BCUT2D eigenvalue weighted by atomic mass is 35.5. The third-order valence-electron chi connectivity index (χ3n) is 3.95. The lowest BCUT2D eigenvalue weighted by Gasteiger charge is -2.21. The second kappa shape index (κ2) is 7.89. The van der Waals surface area contributed by atoms with Crippen LogP contribution in [-0.4, -0.2) is 24.0 Å². The molecule has 1 fully saturated rings. The molecule has 1 aromatic heterocycles. The summed E-state index contributed by atoms with van der Waals surface area (Å²) in [5.41, 5.74) is 0. The molecule has 2 amide bonds. The lowest BCUT2D eigenvalue weighted by Crippen LogP contribution is -2.39. The number of rotatable bonds is 6. The number of carbonyl (C=O) groups is 1. The molecule has 1 heterocycles. The van der Waals surface area contributed by atoms with E-state index in [-0.39, 0.29) is 6.03 Å². The predicted octanol–water partition coefficient (Wildman–Crippen LogP) is 4.51. The van der Waals surface area contributed by atoms with Crippen molar-refractivity contribution in [2.75, 3.05) is 13.1 Å². The Morgan fingerprint density at radius 2 is 2.20 bits per heavy atom. The van der Waals surface area contributed by atoms with E-state index in [1.165, 1.54) is 37.0 Å². The molecule has 112 valence electrons. The summed E-state index contributed by atoms with van der Waals surface area (Å²) >= 11 is 7.46. The topological polar surface area (TPSA) is 32.3 Å². The van der Waals surface area contributed by atoms with Gasteiger partial charge in [-0.3, -0.25) is 0 Å². The fraction of sp³-hybridized carbons (Fsp3) is 0.667. The minimum atomic E-state index is 0.0371. The van der Waals surface area contributed by atoms with Gasteiger partial charge in [-0.2, -0.15) is 0 Å². The molecule has 0 unspecified atom stereocenters. The number of urea groups is 1. The molecule has 0 saturated heterocycles. The molecule has 0 radical (unpaired) electrons. The molecular weight excluding hydrogens is 292 g/mol. The van der Waals surface area contributed by atoms with Gasteiger partial charge in [-0.1, -0.05) is 37.3 Å². The van der Waals surface area contributed by atoms with Crippen molar-refractivity contribution in [2.24, 2.45) is 5.92 Å². The van der Waals surface area contributed by atoms with Gasteiger partial charge >= 0.3 is 6.03 Å². The molecule has 0 bridgehead atoms. The Bertz CT molecular complexity index is 429. The van der Waals surface area contributed by atoms with E-state index in [1.807, 2.05) is 24.0 Å². The maximum Gasteiger partial charge on any atom is 0.317 e. The predicted molar refractivity (Wildman–Crippen MR) is 85.4 cm³/mol. The van der Waals surface area contributed by atoms with Gasteiger partial charge in [0.1, 0.15) is 0 Å². The molecule has 1 N–H and O–H groups in total. The average molecular weight is 315 g/mol. The van der Waals surface area contributed by atoms with Gasteiger partial charge in [0.25, 0.3) is 0 Å². The Balaban J connectivity index is 1.73. The molecule has 0 spiro atoms. The summed E-state index contributed by atoms with van der Waals surface area (Å²) in [5, 5.41) is 3.05. The van der Waals surface area contributed by atoms with Crippen molar-refractivity contribution < 1.29 is 4.79 Å². The molecular formula is C15H23ClN2OS. The first kappa shape index (κ1) is 15.6. The Morgan fingerprint density at radius 1 is 1.45 bits per heavy atom. The van der Waals surface area contributed by atoms with Crippen LogP contribution in [0.2, 0.25) is 4.34 Å². The first-order valence-electron chi connectivity index (χ1n) is 7.46. The highest BCUT2D eigenvalue weighted by Crippen LogP contribution is 2.27. The van der Waals surface area contributed by atoms with Gasteiger partial charge in [0.05, 0.1) is 10.9 Å². The molecule has 3 nitrogen and oxygen atoms in total. The van der Waals surface area contributed by atoms with Gasteiger partial charge in [-0.25, -0.2) is 4.79 Å². The largest absolute Gasteiger partial charge is 0.338 e. The summed E-state index contributed by atoms with van der Waals surface area (Å²) in [4.78, 5) is 15.1. The van der Waals surface area contributed by atoms with Crippen LogP contribution in [-0.2, 0) is 6.54 Å². The third kappa shape index (κ3) is 4.67. The van der Waals surface area contributed by atoms with E-state index < -0.39 is 0 Å². The van der Waals surface area contributed by atoms with Crippen LogP contribution in [0.3, 0.4) is 0 Å². The van der Waals surface area contributed by atoms with Gasteiger partial charge in [-0.05, 0) is 31.4 Å². The van der Waals surface area contributed by atoms with Crippen LogP contribution in [0.4, 0.5) is 4.79 Å². The van der Waals surface area contributed by atoms with Gasteiger partial charge in [0, 0.05) is 18.0 Å². The molecule has 1 aromatic rings. The number of hydrogen-bond acceptors (Lipinski definition) is 2. The lowest BCUT2D eigenvalue weighted by atomic mass is 10.0. The van der Waals surface area contributed by atoms with E-state index in [0.717, 1.165) is 28.1 Å². The molecule has 0 aromatic carbocycles. The SMILES string of the molecule is CCN(Cc1ccc(Cl)s1)C(=O)NCCC1CCCC1. The Hall–Kier alpha value is -0.740. The standard InChI is InChI=1S/C15H23ClN2OS/c1-2-18(11-13-7-8-14(16)20-13)15(19)17-10-9-12-5-3-4-6-12/h7-8,12H,2-6,9-11H2,1H3,(H,17,19). The number of nitrogens with one attached hydrogen (secondary N) is 1. The first-order chi connectivity index (χ1) is 9.69. The third-order valence-corrected chi connectivity index (χ3v) is 5.16. The summed E-state index contributed by atoms with van der Waals surface area (Å²) in [6.07, 6.45) is 6.51. The van der Waals surface area contributed by atoms with Gasteiger partial charge in [0.15, 0.2) is 0 Å². The van der Waals surface area contributed by atoms with Crippen molar-refractivity contribution >= 4 is 29.0 Å². The molecule has 20 heavy (non-hydrogen) atoms. The number of carbonyl (C=O) groups excluding carboxylic acids is 1. The van der Waals surface area contributed by atoms with Crippen LogP contribution in [0.15, 0.2) is 12.1 Å². The quantitative estimate of drug-likeness (QED) is 0.823. The zero-order valence-electron chi connectivity index (χ0n) is 12.0. The highest BCUT2D eigenvalue weighted by Gasteiger charge is 2.16. The first-order valence-corrected chi connectivity index (χ1v) is 8.65. The fourth-order valence-corrected chi connectivity index (χ4v) is 3.85. The summed E-state index contributed by atoms with van der Waals surface area (Å²) in [7, 11) is 0. The van der Waals surface area contributed by atoms with Crippen LogP contribution >= 0.6 is 22.9 Å². The van der Waals surface area contributed by atoms with Gasteiger partial charge < -0.3 is 10.2 Å². The Labute approximate surface area is 130 Å². The van der Waals surface area contributed by atoms with E-state index in [1.54, 1.807) is 0 Å². The van der Waals surface area contributed by atoms with E-state index in [4.69, 9.17) is 11.6 Å². The molecule has 5 heteroatoms. The smallest absolute Gasteiger partial charge is 0.317 e. The highest BCUT2D eigenvalue weighted by molar-refractivity contribution is 7.16. The van der Waals surface area contributed by atoms with Crippen molar-refractivity contribution in [3.63, 3.8) is 0 Å². The zero-order chi connectivity index (χ0) is 14.4. The van der Waals surface area contributed by atoms with Crippen molar-refractivity contribution in [1.82, 2.24) is 10.2 Å². The van der Waals surface area contributed by atoms with E-state index in [0.29, 0.717) is 13.1 Å². The van der Waals surface area contributed by atoms with Crippen LogP contribution in [0.25, 0.3) is 0 Å². The van der Waals surface area contributed by atoms with Crippen molar-refractivity contribution in [2.45, 2.75) is 45.6 Å². The maximum absolute atomic E-state index is 12.1. The minimum absolute atomic E-state index is 0.0371. The van der Waals surface area contributed by atoms with Crippen LogP contribution in [0.5, 0.6) is 0 Å². The number of halogens is 1. The summed E-state index contributed by atoms with van der Waals surface area (Å²) in [5.74, 6) is 0.821. The number of thiophene rings is 1. The van der Waals surface area contributed by atoms with Gasteiger partial charge in [-0.15, -0.1) is 11.3 Å². The van der Waals surface area contributed by atoms with Crippen LogP contribution in [0.1, 0.15) is 43.9 Å². The van der Waals surface area contributed by atoms with Crippen LogP contribution in [0, 0.1) is 5.92 Å². The van der Waals surface area contributed by atoms with Crippen LogP contribution < -0.4 is 5.32 Å². The normalized spacial score (nSPS) is 15.5. The lowest BCUT2D eigenvalue weighted by molar-refractivity contribution is 0.198. The summed E-state index contributed by atoms with van der Waals surface area (Å²) in [6, 6.07) is 3.91. The molecule has 0 aliphatic heterocycles. The average Bonchev–Trinajstić information content (AvgIpc) is 3.07. The van der Waals surface area contributed by atoms with Crippen molar-refractivity contribution in [3.05, 3.63) is 21.3 Å². The second-order valence-electron chi connectivity index (χ2n) is 5.39. The number of hydrogen-bond donors (Lipinski definition) is 1. The summed E-state index contributed by atoms with van der Waals surface area (Å²) < 4.78 is 0.776. The molecule has 1 aliphatic carbocycles. The molecule has 1 saturated carbocycles. The van der Waals surface area contributed by atoms with E-state index in [2.05, 4.69) is 5.32 Å². The summed E-state index contributed by atoms with van der Waals surface area (Å²) in [6.45, 7) is 4.16. The Kier molecular flexibility index (Phi) is 6.17. The van der Waals surface area contributed by atoms with E-state index >= 15 is 0 Å². The van der Waals surface area contributed by atoms with E-state index in [9.17, 15) is 4.79 Å². The number of amides is 2.